The van der Waals surface area contributed by atoms with Crippen molar-refractivity contribution in [1.29, 1.82) is 5.26 Å². The van der Waals surface area contributed by atoms with E-state index in [-0.39, 0.29) is 17.9 Å². The van der Waals surface area contributed by atoms with E-state index in [0.717, 1.165) is 24.4 Å². The van der Waals surface area contributed by atoms with E-state index in [1.54, 1.807) is 0 Å². The van der Waals surface area contributed by atoms with E-state index in [9.17, 15) is 10.1 Å². The van der Waals surface area contributed by atoms with Gasteiger partial charge in [-0.3, -0.25) is 9.69 Å². The molecule has 2 aromatic rings. The van der Waals surface area contributed by atoms with Crippen LogP contribution < -0.4 is 4.74 Å². The molecule has 8 heteroatoms. The predicted molar refractivity (Wildman–Crippen MR) is 112 cm³/mol. The maximum atomic E-state index is 12.6. The molecular weight excluding hydrogens is 382 g/mol. The van der Waals surface area contributed by atoms with E-state index in [1.807, 2.05) is 36.1 Å². The number of piperazine rings is 1. The van der Waals surface area contributed by atoms with Gasteiger partial charge in [0.15, 0.2) is 0 Å². The Morgan fingerprint density at radius 1 is 1.23 bits per heavy atom. The highest BCUT2D eigenvalue weighted by Crippen LogP contribution is 2.20. The summed E-state index contributed by atoms with van der Waals surface area (Å²) < 4.78 is 10.8. The van der Waals surface area contributed by atoms with Crippen molar-refractivity contribution in [2.45, 2.75) is 39.7 Å². The van der Waals surface area contributed by atoms with E-state index in [1.165, 1.54) is 0 Å². The summed E-state index contributed by atoms with van der Waals surface area (Å²) in [5, 5.41) is 13.4. The average molecular weight is 412 g/mol. The Balaban J connectivity index is 1.48. The summed E-state index contributed by atoms with van der Waals surface area (Å²) in [6, 6.07) is 9.79. The van der Waals surface area contributed by atoms with Crippen LogP contribution in [0.3, 0.4) is 0 Å². The molecule has 0 bridgehead atoms. The summed E-state index contributed by atoms with van der Waals surface area (Å²) in [6.45, 7) is 9.40. The van der Waals surface area contributed by atoms with Crippen LogP contribution in [0.25, 0.3) is 11.4 Å². The van der Waals surface area contributed by atoms with Crippen molar-refractivity contribution >= 4 is 5.91 Å². The minimum Gasteiger partial charge on any atom is -0.494 e. The van der Waals surface area contributed by atoms with Gasteiger partial charge in [0.25, 0.3) is 0 Å². The molecule has 0 radical (unpaired) electrons. The van der Waals surface area contributed by atoms with Gasteiger partial charge in [-0.1, -0.05) is 19.0 Å². The lowest BCUT2D eigenvalue weighted by atomic mass is 10.0. The second-order valence-electron chi connectivity index (χ2n) is 7.70. The van der Waals surface area contributed by atoms with Crippen molar-refractivity contribution < 1.29 is 14.1 Å². The monoisotopic (exact) mass is 411 g/mol. The summed E-state index contributed by atoms with van der Waals surface area (Å²) >= 11 is 0. The van der Waals surface area contributed by atoms with Gasteiger partial charge in [0, 0.05) is 44.6 Å². The first-order valence-electron chi connectivity index (χ1n) is 10.5. The van der Waals surface area contributed by atoms with Gasteiger partial charge in [-0.05, 0) is 37.1 Å². The number of amides is 1. The SMILES string of the molecule is CCOc1ccc(-c2noc(CCC(=O)N3CCN(C(C#N)C(C)C)CC3)n2)cc1. The van der Waals surface area contributed by atoms with E-state index in [2.05, 4.69) is 35.0 Å². The van der Waals surface area contributed by atoms with Crippen LogP contribution in [0.2, 0.25) is 0 Å². The maximum absolute atomic E-state index is 12.6. The van der Waals surface area contributed by atoms with Gasteiger partial charge < -0.3 is 14.2 Å². The molecular formula is C22H29N5O3. The molecule has 1 fully saturated rings. The molecule has 8 nitrogen and oxygen atoms in total. The van der Waals surface area contributed by atoms with Gasteiger partial charge in [0.2, 0.25) is 17.6 Å². The van der Waals surface area contributed by atoms with Crippen molar-refractivity contribution in [2.75, 3.05) is 32.8 Å². The third-order valence-electron chi connectivity index (χ3n) is 5.27. The summed E-state index contributed by atoms with van der Waals surface area (Å²) in [6.07, 6.45) is 0.743. The molecule has 1 atom stereocenters. The molecule has 1 aliphatic rings. The number of hydrogen-bond acceptors (Lipinski definition) is 7. The van der Waals surface area contributed by atoms with Gasteiger partial charge in [-0.2, -0.15) is 10.2 Å². The quantitative estimate of drug-likeness (QED) is 0.659. The van der Waals surface area contributed by atoms with Crippen LogP contribution in [0, 0.1) is 17.2 Å². The average Bonchev–Trinajstić information content (AvgIpc) is 3.22. The van der Waals surface area contributed by atoms with Crippen molar-refractivity contribution in [3.05, 3.63) is 30.2 Å². The highest BCUT2D eigenvalue weighted by molar-refractivity contribution is 5.76. The first kappa shape index (κ1) is 21.8. The third-order valence-corrected chi connectivity index (χ3v) is 5.27. The first-order chi connectivity index (χ1) is 14.5. The summed E-state index contributed by atoms with van der Waals surface area (Å²) in [5.41, 5.74) is 0.841. The zero-order valence-electron chi connectivity index (χ0n) is 17.9. The van der Waals surface area contributed by atoms with Gasteiger partial charge in [0.05, 0.1) is 12.7 Å². The Kier molecular flexibility index (Phi) is 7.41. The maximum Gasteiger partial charge on any atom is 0.227 e. The highest BCUT2D eigenvalue weighted by Gasteiger charge is 2.27. The van der Waals surface area contributed by atoms with Gasteiger partial charge in [-0.15, -0.1) is 0 Å². The molecule has 3 rings (SSSR count). The van der Waals surface area contributed by atoms with E-state index >= 15 is 0 Å². The summed E-state index contributed by atoms with van der Waals surface area (Å²) in [4.78, 5) is 21.0. The number of aromatic nitrogens is 2. The predicted octanol–water partition coefficient (Wildman–Crippen LogP) is 2.76. The third kappa shape index (κ3) is 5.36. The summed E-state index contributed by atoms with van der Waals surface area (Å²) in [7, 11) is 0. The molecule has 1 saturated heterocycles. The molecule has 30 heavy (non-hydrogen) atoms. The van der Waals surface area contributed by atoms with Crippen LogP contribution in [0.5, 0.6) is 5.75 Å². The smallest absolute Gasteiger partial charge is 0.227 e. The molecule has 0 N–H and O–H groups in total. The fourth-order valence-corrected chi connectivity index (χ4v) is 3.61. The lowest BCUT2D eigenvalue weighted by Crippen LogP contribution is -2.52. The van der Waals surface area contributed by atoms with Crippen LogP contribution >= 0.6 is 0 Å². The molecule has 1 aromatic carbocycles. The minimum atomic E-state index is -0.0957. The number of hydrogen-bond donors (Lipinski definition) is 0. The standard InChI is InChI=1S/C22H29N5O3/c1-4-29-18-7-5-17(6-8-18)22-24-20(30-25-22)9-10-21(28)27-13-11-26(12-14-27)19(15-23)16(2)3/h5-8,16,19H,4,9-14H2,1-3H3. The number of nitriles is 1. The largest absolute Gasteiger partial charge is 0.494 e. The molecule has 160 valence electrons. The number of nitrogens with zero attached hydrogens (tertiary/aromatic N) is 5. The van der Waals surface area contributed by atoms with Gasteiger partial charge in [0.1, 0.15) is 11.8 Å². The second kappa shape index (κ2) is 10.2. The number of aryl methyl sites for hydroxylation is 1. The fourth-order valence-electron chi connectivity index (χ4n) is 3.61. The Morgan fingerprint density at radius 3 is 2.53 bits per heavy atom. The van der Waals surface area contributed by atoms with E-state index in [0.29, 0.717) is 44.3 Å². The number of carbonyl (C=O) groups is 1. The Bertz CT molecular complexity index is 864. The zero-order chi connectivity index (χ0) is 21.5. The van der Waals surface area contributed by atoms with Gasteiger partial charge >= 0.3 is 0 Å². The summed E-state index contributed by atoms with van der Waals surface area (Å²) in [5.74, 6) is 2.11. The van der Waals surface area contributed by atoms with Crippen LogP contribution in [0.4, 0.5) is 0 Å². The van der Waals surface area contributed by atoms with Crippen LogP contribution in [-0.2, 0) is 11.2 Å². The minimum absolute atomic E-state index is 0.0773. The molecule has 1 unspecified atom stereocenters. The van der Waals surface area contributed by atoms with Crippen LogP contribution in [0.1, 0.15) is 33.1 Å². The number of benzene rings is 1. The molecule has 1 aromatic heterocycles. The molecule has 0 saturated carbocycles. The topological polar surface area (TPSA) is 95.5 Å². The Morgan fingerprint density at radius 2 is 1.93 bits per heavy atom. The Hall–Kier alpha value is -2.92. The van der Waals surface area contributed by atoms with Crippen molar-refractivity contribution in [2.24, 2.45) is 5.92 Å². The first-order valence-corrected chi connectivity index (χ1v) is 10.5. The number of carbonyl (C=O) groups excluding carboxylic acids is 1. The van der Waals surface area contributed by atoms with Crippen molar-refractivity contribution in [3.63, 3.8) is 0 Å². The Labute approximate surface area is 177 Å². The molecule has 1 aliphatic heterocycles. The molecule has 1 amide bonds. The van der Waals surface area contributed by atoms with Crippen LogP contribution in [-0.4, -0.2) is 64.7 Å². The zero-order valence-corrected chi connectivity index (χ0v) is 17.9. The lowest BCUT2D eigenvalue weighted by Gasteiger charge is -2.38. The van der Waals surface area contributed by atoms with E-state index in [4.69, 9.17) is 9.26 Å². The molecule has 0 spiro atoms. The fraction of sp³-hybridized carbons (Fsp3) is 0.545. The van der Waals surface area contributed by atoms with Crippen molar-refractivity contribution in [3.8, 4) is 23.2 Å². The van der Waals surface area contributed by atoms with E-state index < -0.39 is 0 Å². The number of ether oxygens (including phenoxy) is 1. The highest BCUT2D eigenvalue weighted by atomic mass is 16.5. The van der Waals surface area contributed by atoms with Crippen molar-refractivity contribution in [1.82, 2.24) is 19.9 Å². The van der Waals surface area contributed by atoms with Gasteiger partial charge in [-0.25, -0.2) is 0 Å². The lowest BCUT2D eigenvalue weighted by molar-refractivity contribution is -0.133. The molecule has 0 aliphatic carbocycles. The normalized spacial score (nSPS) is 15.8. The van der Waals surface area contributed by atoms with Crippen LogP contribution in [0.15, 0.2) is 28.8 Å². The molecule has 2 heterocycles. The number of rotatable bonds is 8. The second-order valence-corrected chi connectivity index (χ2v) is 7.70.